The first-order chi connectivity index (χ1) is 12.0. The predicted octanol–water partition coefficient (Wildman–Crippen LogP) is 4.00. The van der Waals surface area contributed by atoms with E-state index in [2.05, 4.69) is 10.1 Å². The Morgan fingerprint density at radius 3 is 2.54 bits per heavy atom. The SMILES string of the molecule is C[C@@H](c1nc(C2CC2)no1)N(C)S(=O)(=O)c1ccc(C(F)(F)F)cc1Cl. The fraction of sp³-hybridized carbons (Fsp3) is 0.467. The normalized spacial score (nSPS) is 16.9. The monoisotopic (exact) mass is 409 g/mol. The van der Waals surface area contributed by atoms with Crippen LogP contribution in [-0.2, 0) is 16.2 Å². The van der Waals surface area contributed by atoms with Crippen LogP contribution in [0.3, 0.4) is 0 Å². The fourth-order valence-corrected chi connectivity index (χ4v) is 4.16. The molecule has 0 spiro atoms. The molecule has 1 aromatic carbocycles. The number of hydrogen-bond acceptors (Lipinski definition) is 5. The van der Waals surface area contributed by atoms with Crippen molar-refractivity contribution >= 4 is 21.6 Å². The van der Waals surface area contributed by atoms with Crippen LogP contribution in [0.1, 0.15) is 49.0 Å². The molecule has 3 rings (SSSR count). The lowest BCUT2D eigenvalue weighted by molar-refractivity contribution is -0.137. The van der Waals surface area contributed by atoms with Gasteiger partial charge in [0.15, 0.2) is 5.82 Å². The topological polar surface area (TPSA) is 76.3 Å². The van der Waals surface area contributed by atoms with Gasteiger partial charge in [0.2, 0.25) is 15.9 Å². The molecule has 0 unspecified atom stereocenters. The number of nitrogens with zero attached hydrogens (tertiary/aromatic N) is 3. The average Bonchev–Trinajstić information content (AvgIpc) is 3.29. The van der Waals surface area contributed by atoms with Gasteiger partial charge in [-0.25, -0.2) is 8.42 Å². The molecule has 142 valence electrons. The number of halogens is 4. The fourth-order valence-electron chi connectivity index (χ4n) is 2.33. The minimum Gasteiger partial charge on any atom is -0.338 e. The van der Waals surface area contributed by atoms with Crippen molar-refractivity contribution in [3.8, 4) is 0 Å². The lowest BCUT2D eigenvalue weighted by Gasteiger charge is -2.22. The highest BCUT2D eigenvalue weighted by molar-refractivity contribution is 7.89. The number of benzene rings is 1. The molecule has 1 atom stereocenters. The molecule has 1 saturated carbocycles. The van der Waals surface area contributed by atoms with E-state index in [1.807, 2.05) is 0 Å². The summed E-state index contributed by atoms with van der Waals surface area (Å²) in [6.07, 6.45) is -2.70. The zero-order valence-electron chi connectivity index (χ0n) is 13.8. The van der Waals surface area contributed by atoms with E-state index >= 15 is 0 Å². The van der Waals surface area contributed by atoms with E-state index in [0.29, 0.717) is 18.0 Å². The third kappa shape index (κ3) is 3.58. The highest BCUT2D eigenvalue weighted by atomic mass is 35.5. The van der Waals surface area contributed by atoms with E-state index in [4.69, 9.17) is 16.1 Å². The smallest absolute Gasteiger partial charge is 0.338 e. The van der Waals surface area contributed by atoms with Crippen molar-refractivity contribution in [3.63, 3.8) is 0 Å². The van der Waals surface area contributed by atoms with Gasteiger partial charge in [0.1, 0.15) is 10.9 Å². The van der Waals surface area contributed by atoms with Crippen molar-refractivity contribution in [1.82, 2.24) is 14.4 Å². The molecule has 6 nitrogen and oxygen atoms in total. The van der Waals surface area contributed by atoms with Gasteiger partial charge in [0, 0.05) is 13.0 Å². The van der Waals surface area contributed by atoms with Gasteiger partial charge in [-0.1, -0.05) is 16.8 Å². The molecule has 2 aromatic rings. The number of sulfonamides is 1. The summed E-state index contributed by atoms with van der Waals surface area (Å²) in [6.45, 7) is 1.54. The second kappa shape index (κ2) is 6.50. The van der Waals surface area contributed by atoms with Crippen molar-refractivity contribution in [2.24, 2.45) is 0 Å². The van der Waals surface area contributed by atoms with Gasteiger partial charge < -0.3 is 4.52 Å². The lowest BCUT2D eigenvalue weighted by Crippen LogP contribution is -2.30. The molecule has 11 heteroatoms. The summed E-state index contributed by atoms with van der Waals surface area (Å²) in [5.41, 5.74) is -1.02. The predicted molar refractivity (Wildman–Crippen MR) is 86.1 cm³/mol. The molecule has 0 bridgehead atoms. The Hall–Kier alpha value is -1.65. The van der Waals surface area contributed by atoms with Crippen LogP contribution < -0.4 is 0 Å². The molecule has 26 heavy (non-hydrogen) atoms. The number of rotatable bonds is 5. The van der Waals surface area contributed by atoms with Gasteiger partial charge in [-0.05, 0) is 38.0 Å². The van der Waals surface area contributed by atoms with E-state index in [1.54, 1.807) is 6.92 Å². The van der Waals surface area contributed by atoms with Crippen LogP contribution >= 0.6 is 11.6 Å². The zero-order valence-corrected chi connectivity index (χ0v) is 15.4. The molecular weight excluding hydrogens is 395 g/mol. The summed E-state index contributed by atoms with van der Waals surface area (Å²) in [6, 6.07) is 1.30. The van der Waals surface area contributed by atoms with Crippen molar-refractivity contribution in [3.05, 3.63) is 40.5 Å². The maximum atomic E-state index is 12.8. The molecule has 0 amide bonds. The molecule has 1 fully saturated rings. The molecule has 0 radical (unpaired) electrons. The summed E-state index contributed by atoms with van der Waals surface area (Å²) >= 11 is 5.81. The third-order valence-corrected chi connectivity index (χ3v) is 6.63. The Kier molecular flexibility index (Phi) is 4.78. The number of aromatic nitrogens is 2. The van der Waals surface area contributed by atoms with E-state index in [0.717, 1.165) is 23.2 Å². The van der Waals surface area contributed by atoms with E-state index in [9.17, 15) is 21.6 Å². The van der Waals surface area contributed by atoms with Gasteiger partial charge in [-0.15, -0.1) is 0 Å². The minimum absolute atomic E-state index is 0.112. The van der Waals surface area contributed by atoms with Crippen molar-refractivity contribution in [2.75, 3.05) is 7.05 Å². The largest absolute Gasteiger partial charge is 0.416 e. The second-order valence-electron chi connectivity index (χ2n) is 6.11. The summed E-state index contributed by atoms with van der Waals surface area (Å²) in [5, 5.41) is 3.32. The first kappa shape index (κ1) is 19.1. The molecule has 1 heterocycles. The first-order valence-corrected chi connectivity index (χ1v) is 9.52. The van der Waals surface area contributed by atoms with Crippen LogP contribution in [0.25, 0.3) is 0 Å². The van der Waals surface area contributed by atoms with Crippen LogP contribution in [0.2, 0.25) is 5.02 Å². The first-order valence-electron chi connectivity index (χ1n) is 7.70. The Morgan fingerprint density at radius 1 is 1.35 bits per heavy atom. The highest BCUT2D eigenvalue weighted by Crippen LogP contribution is 2.39. The quantitative estimate of drug-likeness (QED) is 0.746. The van der Waals surface area contributed by atoms with E-state index < -0.39 is 37.7 Å². The Labute approximate surface area is 153 Å². The Morgan fingerprint density at radius 2 is 2.00 bits per heavy atom. The van der Waals surface area contributed by atoms with Crippen LogP contribution in [0.4, 0.5) is 13.2 Å². The molecule has 0 N–H and O–H groups in total. The Balaban J connectivity index is 1.88. The van der Waals surface area contributed by atoms with Crippen LogP contribution in [-0.4, -0.2) is 29.9 Å². The van der Waals surface area contributed by atoms with Crippen LogP contribution in [0, 0.1) is 0 Å². The number of hydrogen-bond donors (Lipinski definition) is 0. The van der Waals surface area contributed by atoms with Gasteiger partial charge >= 0.3 is 6.18 Å². The standard InChI is InChI=1S/C15H15ClF3N3O3S/c1-8(14-20-13(21-25-14)9-3-4-9)22(2)26(23,24)12-6-5-10(7-11(12)16)15(17,18)19/h5-9H,3-4H2,1-2H3/t8-/m0/s1. The highest BCUT2D eigenvalue weighted by Gasteiger charge is 2.36. The van der Waals surface area contributed by atoms with Crippen LogP contribution in [0.5, 0.6) is 0 Å². The maximum Gasteiger partial charge on any atom is 0.416 e. The molecule has 1 aliphatic rings. The van der Waals surface area contributed by atoms with Gasteiger partial charge in [0.05, 0.1) is 10.6 Å². The van der Waals surface area contributed by atoms with Crippen molar-refractivity contribution in [1.29, 1.82) is 0 Å². The van der Waals surface area contributed by atoms with Gasteiger partial charge in [0.25, 0.3) is 0 Å². The molecule has 0 aliphatic heterocycles. The minimum atomic E-state index is -4.62. The Bertz CT molecular complexity index is 926. The summed E-state index contributed by atoms with van der Waals surface area (Å²) in [4.78, 5) is 3.78. The van der Waals surface area contributed by atoms with Crippen LogP contribution in [0.15, 0.2) is 27.6 Å². The molecule has 1 aromatic heterocycles. The second-order valence-corrected chi connectivity index (χ2v) is 8.48. The third-order valence-electron chi connectivity index (χ3n) is 4.22. The van der Waals surface area contributed by atoms with Crippen molar-refractivity contribution in [2.45, 2.75) is 42.8 Å². The lowest BCUT2D eigenvalue weighted by atomic mass is 10.2. The van der Waals surface area contributed by atoms with Crippen molar-refractivity contribution < 1.29 is 26.1 Å². The summed E-state index contributed by atoms with van der Waals surface area (Å²) < 4.78 is 69.8. The summed E-state index contributed by atoms with van der Waals surface area (Å²) in [7, 11) is -2.90. The maximum absolute atomic E-state index is 12.8. The molecular formula is C15H15ClF3N3O3S. The summed E-state index contributed by atoms with van der Waals surface area (Å²) in [5.74, 6) is 0.886. The van der Waals surface area contributed by atoms with E-state index in [-0.39, 0.29) is 11.8 Å². The average molecular weight is 410 g/mol. The van der Waals surface area contributed by atoms with E-state index in [1.165, 1.54) is 7.05 Å². The number of alkyl halides is 3. The van der Waals surface area contributed by atoms with Gasteiger partial charge in [-0.3, -0.25) is 0 Å². The van der Waals surface area contributed by atoms with Gasteiger partial charge in [-0.2, -0.15) is 22.5 Å². The molecule has 1 aliphatic carbocycles. The zero-order chi connectivity index (χ0) is 19.3. The molecule has 0 saturated heterocycles.